The standard InChI is InChI=1S/C25H32O3S.5FH/c1-2-3-4-8-19-27-23-17-15-21(16-18-23)20-11-13-22(14-12-20)25(26)28-29-24-9-6-5-7-10-24;;;;;/h5-7,9-14,21,23H,2-4,8,15-19H2,1H3;5*1H. The van der Waals surface area contributed by atoms with E-state index in [1.165, 1.54) is 31.2 Å². The highest BCUT2D eigenvalue weighted by Gasteiger charge is 2.23. The van der Waals surface area contributed by atoms with Crippen LogP contribution in [0.3, 0.4) is 0 Å². The number of hydrogen-bond acceptors (Lipinski definition) is 4. The quantitative estimate of drug-likeness (QED) is 0.184. The minimum absolute atomic E-state index is 0. The fourth-order valence-electron chi connectivity index (χ4n) is 3.84. The molecule has 3 nitrogen and oxygen atoms in total. The van der Waals surface area contributed by atoms with Crippen LogP contribution < -0.4 is 0 Å². The molecule has 0 N–H and O–H groups in total. The molecule has 2 aromatic rings. The fraction of sp³-hybridized carbons (Fsp3) is 0.480. The van der Waals surface area contributed by atoms with E-state index in [1.807, 2.05) is 42.5 Å². The van der Waals surface area contributed by atoms with E-state index in [0.29, 0.717) is 17.6 Å². The Hall–Kier alpha value is -2.13. The smallest absolute Gasteiger partial charge is 0.350 e. The van der Waals surface area contributed by atoms with Gasteiger partial charge in [0.25, 0.3) is 0 Å². The largest absolute Gasteiger partial charge is 0.382 e. The number of carbonyl (C=O) groups is 1. The van der Waals surface area contributed by atoms with Crippen molar-refractivity contribution in [2.75, 3.05) is 6.61 Å². The Balaban J connectivity index is -0.00000192. The number of ether oxygens (including phenoxy) is 1. The lowest BCUT2D eigenvalue weighted by atomic mass is 9.82. The van der Waals surface area contributed by atoms with E-state index in [9.17, 15) is 4.79 Å². The Labute approximate surface area is 203 Å². The van der Waals surface area contributed by atoms with Gasteiger partial charge in [0.05, 0.1) is 23.7 Å². The van der Waals surface area contributed by atoms with Crippen LogP contribution in [0.15, 0.2) is 59.5 Å². The molecule has 0 bridgehead atoms. The van der Waals surface area contributed by atoms with Crippen LogP contribution in [0.2, 0.25) is 0 Å². The molecule has 0 unspecified atom stereocenters. The van der Waals surface area contributed by atoms with Crippen LogP contribution in [0.1, 0.15) is 80.1 Å². The molecule has 0 saturated heterocycles. The monoisotopic (exact) mass is 512 g/mol. The SMILES string of the molecule is CCCCCCOC1CCC(c2ccc(C(=O)OSc3ccccc3)cc2)CC1.F.F.F.F.F. The molecular formula is C25H37F5O3S. The van der Waals surface area contributed by atoms with Crippen LogP contribution in [0.4, 0.5) is 23.5 Å². The predicted molar refractivity (Wildman–Crippen MR) is 132 cm³/mol. The Morgan fingerprint density at radius 2 is 1.44 bits per heavy atom. The molecule has 0 heterocycles. The summed E-state index contributed by atoms with van der Waals surface area (Å²) in [6.45, 7) is 3.15. The second-order valence-corrected chi connectivity index (χ2v) is 8.60. The summed E-state index contributed by atoms with van der Waals surface area (Å²) in [5.74, 6) is 0.268. The van der Waals surface area contributed by atoms with Crippen LogP contribution in [0, 0.1) is 0 Å². The first-order valence-electron chi connectivity index (χ1n) is 10.9. The summed E-state index contributed by atoms with van der Waals surface area (Å²) in [5, 5.41) is 0. The van der Waals surface area contributed by atoms with Gasteiger partial charge in [0.15, 0.2) is 0 Å². The van der Waals surface area contributed by atoms with Crippen LogP contribution in [0.25, 0.3) is 0 Å². The number of hydrogen-bond donors (Lipinski definition) is 0. The van der Waals surface area contributed by atoms with E-state index in [0.717, 1.165) is 49.2 Å². The first-order valence-corrected chi connectivity index (χ1v) is 11.7. The lowest BCUT2D eigenvalue weighted by Crippen LogP contribution is -2.21. The molecule has 34 heavy (non-hydrogen) atoms. The molecular weight excluding hydrogens is 475 g/mol. The summed E-state index contributed by atoms with van der Waals surface area (Å²) in [5.41, 5.74) is 1.92. The zero-order valence-corrected chi connectivity index (χ0v) is 20.2. The highest BCUT2D eigenvalue weighted by atomic mass is 32.2. The van der Waals surface area contributed by atoms with Crippen LogP contribution in [-0.2, 0) is 8.92 Å². The first-order chi connectivity index (χ1) is 14.3. The van der Waals surface area contributed by atoms with Crippen molar-refractivity contribution >= 4 is 18.0 Å². The summed E-state index contributed by atoms with van der Waals surface area (Å²) >= 11 is 1.10. The summed E-state index contributed by atoms with van der Waals surface area (Å²) in [6, 6.07) is 17.6. The normalized spacial score (nSPS) is 16.3. The number of benzene rings is 2. The maximum absolute atomic E-state index is 12.3. The molecule has 0 amide bonds. The van der Waals surface area contributed by atoms with Gasteiger partial charge in [0.2, 0.25) is 0 Å². The van der Waals surface area contributed by atoms with Crippen molar-refractivity contribution in [2.45, 2.75) is 75.2 Å². The van der Waals surface area contributed by atoms with Gasteiger partial charge in [-0.25, -0.2) is 4.79 Å². The van der Waals surface area contributed by atoms with E-state index in [1.54, 1.807) is 0 Å². The second kappa shape index (κ2) is 20.3. The molecule has 196 valence electrons. The van der Waals surface area contributed by atoms with E-state index >= 15 is 0 Å². The molecule has 0 aromatic heterocycles. The summed E-state index contributed by atoms with van der Waals surface area (Å²) < 4.78 is 11.4. The zero-order chi connectivity index (χ0) is 20.3. The van der Waals surface area contributed by atoms with Crippen LogP contribution in [0.5, 0.6) is 0 Å². The lowest BCUT2D eigenvalue weighted by Gasteiger charge is -2.29. The van der Waals surface area contributed by atoms with Gasteiger partial charge in [0.1, 0.15) is 0 Å². The van der Waals surface area contributed by atoms with E-state index in [4.69, 9.17) is 8.92 Å². The molecule has 3 rings (SSSR count). The molecule has 2 aromatic carbocycles. The average Bonchev–Trinajstić information content (AvgIpc) is 2.78. The minimum Gasteiger partial charge on any atom is -0.382 e. The topological polar surface area (TPSA) is 35.5 Å². The number of unbranched alkanes of at least 4 members (excludes halogenated alkanes) is 3. The molecule has 9 heteroatoms. The number of rotatable bonds is 10. The van der Waals surface area contributed by atoms with Crippen molar-refractivity contribution in [2.24, 2.45) is 0 Å². The summed E-state index contributed by atoms with van der Waals surface area (Å²) in [6.07, 6.45) is 10.1. The highest BCUT2D eigenvalue weighted by Crippen LogP contribution is 2.34. The molecule has 1 saturated carbocycles. The molecule has 0 spiro atoms. The van der Waals surface area contributed by atoms with Gasteiger partial charge in [-0.1, -0.05) is 56.5 Å². The third-order valence-corrected chi connectivity index (χ3v) is 6.30. The summed E-state index contributed by atoms with van der Waals surface area (Å²) in [4.78, 5) is 13.2. The van der Waals surface area contributed by atoms with E-state index < -0.39 is 0 Å². The summed E-state index contributed by atoms with van der Waals surface area (Å²) in [7, 11) is 0. The third kappa shape index (κ3) is 11.8. The van der Waals surface area contributed by atoms with E-state index in [-0.39, 0.29) is 29.5 Å². The first kappa shape index (κ1) is 36.4. The Kier molecular flexibility index (Phi) is 21.7. The Bertz CT molecular complexity index is 742. The van der Waals surface area contributed by atoms with Gasteiger partial charge < -0.3 is 8.92 Å². The Morgan fingerprint density at radius 3 is 2.03 bits per heavy atom. The van der Waals surface area contributed by atoms with Crippen molar-refractivity contribution in [3.8, 4) is 0 Å². The van der Waals surface area contributed by atoms with Crippen molar-refractivity contribution in [3.63, 3.8) is 0 Å². The molecule has 0 atom stereocenters. The average molecular weight is 513 g/mol. The molecule has 1 fully saturated rings. The van der Waals surface area contributed by atoms with Crippen molar-refractivity contribution in [1.29, 1.82) is 0 Å². The molecule has 1 aliphatic carbocycles. The lowest BCUT2D eigenvalue weighted by molar-refractivity contribution is 0.0226. The maximum Gasteiger partial charge on any atom is 0.350 e. The van der Waals surface area contributed by atoms with Crippen LogP contribution in [-0.4, -0.2) is 18.7 Å². The van der Waals surface area contributed by atoms with Gasteiger partial charge in [-0.2, -0.15) is 0 Å². The van der Waals surface area contributed by atoms with Crippen LogP contribution >= 0.6 is 12.0 Å². The van der Waals surface area contributed by atoms with Crippen molar-refractivity contribution in [1.82, 2.24) is 0 Å². The van der Waals surface area contributed by atoms with Gasteiger partial charge in [0, 0.05) is 11.5 Å². The van der Waals surface area contributed by atoms with Crippen molar-refractivity contribution in [3.05, 3.63) is 65.7 Å². The molecule has 0 aliphatic heterocycles. The Morgan fingerprint density at radius 1 is 0.824 bits per heavy atom. The van der Waals surface area contributed by atoms with E-state index in [2.05, 4.69) is 19.1 Å². The predicted octanol–water partition coefficient (Wildman–Crippen LogP) is 7.94. The fourth-order valence-corrected chi connectivity index (χ4v) is 4.38. The highest BCUT2D eigenvalue weighted by molar-refractivity contribution is 7.95. The number of carbonyl (C=O) groups excluding carboxylic acids is 1. The zero-order valence-electron chi connectivity index (χ0n) is 19.4. The molecule has 0 radical (unpaired) electrons. The molecule has 1 aliphatic rings. The van der Waals surface area contributed by atoms with Crippen molar-refractivity contribution < 1.29 is 37.2 Å². The van der Waals surface area contributed by atoms with Gasteiger partial charge in [-0.05, 0) is 67.9 Å². The maximum atomic E-state index is 12.3. The van der Waals surface area contributed by atoms with Gasteiger partial charge in [-0.15, -0.1) is 0 Å². The van der Waals surface area contributed by atoms with Gasteiger partial charge in [-0.3, -0.25) is 23.5 Å². The number of halogens is 5. The second-order valence-electron chi connectivity index (χ2n) is 7.79. The van der Waals surface area contributed by atoms with Gasteiger partial charge >= 0.3 is 5.97 Å². The third-order valence-electron chi connectivity index (χ3n) is 5.60. The minimum atomic E-state index is -0.300.